The van der Waals surface area contributed by atoms with Crippen LogP contribution in [0.5, 0.6) is 11.6 Å². The first kappa shape index (κ1) is 19.7. The topological polar surface area (TPSA) is 99.0 Å². The minimum absolute atomic E-state index is 0.0260. The Labute approximate surface area is 174 Å². The van der Waals surface area contributed by atoms with Gasteiger partial charge in [0.2, 0.25) is 11.8 Å². The molecule has 1 aliphatic rings. The van der Waals surface area contributed by atoms with Crippen molar-refractivity contribution < 1.29 is 13.2 Å². The van der Waals surface area contributed by atoms with Gasteiger partial charge in [-0.2, -0.15) is 10.1 Å². The molecule has 29 heavy (non-hydrogen) atoms. The lowest BCUT2D eigenvalue weighted by atomic mass is 10.1. The SMILES string of the molecule is Cn1cc(S(=O)(=O)Nc2nc(Oc3cccc(Cl)c3)cc(C3CC3(C)C)n2)cn1. The number of benzene rings is 1. The summed E-state index contributed by atoms with van der Waals surface area (Å²) in [5.41, 5.74) is 0.826. The Morgan fingerprint density at radius 3 is 2.66 bits per heavy atom. The van der Waals surface area contributed by atoms with Gasteiger partial charge in [-0.05, 0) is 30.0 Å². The summed E-state index contributed by atoms with van der Waals surface area (Å²) >= 11 is 6.02. The highest BCUT2D eigenvalue weighted by Gasteiger charge is 2.48. The Morgan fingerprint density at radius 1 is 1.28 bits per heavy atom. The molecule has 0 spiro atoms. The molecular weight excluding hydrogens is 414 g/mol. The first-order valence-electron chi connectivity index (χ1n) is 8.96. The molecule has 152 valence electrons. The van der Waals surface area contributed by atoms with Crippen molar-refractivity contribution in [2.75, 3.05) is 4.72 Å². The van der Waals surface area contributed by atoms with E-state index < -0.39 is 10.0 Å². The van der Waals surface area contributed by atoms with Crippen LogP contribution in [0.15, 0.2) is 47.6 Å². The van der Waals surface area contributed by atoms with E-state index in [-0.39, 0.29) is 28.1 Å². The number of nitrogens with zero attached hydrogens (tertiary/aromatic N) is 4. The van der Waals surface area contributed by atoms with Gasteiger partial charge in [-0.15, -0.1) is 0 Å². The molecule has 2 aromatic heterocycles. The monoisotopic (exact) mass is 433 g/mol. The molecule has 10 heteroatoms. The molecule has 1 saturated carbocycles. The second kappa shape index (κ2) is 7.00. The fourth-order valence-corrected chi connectivity index (χ4v) is 4.17. The van der Waals surface area contributed by atoms with Gasteiger partial charge in [0.25, 0.3) is 10.0 Å². The summed E-state index contributed by atoms with van der Waals surface area (Å²) in [6.45, 7) is 4.27. The first-order chi connectivity index (χ1) is 13.6. The van der Waals surface area contributed by atoms with Gasteiger partial charge in [0.1, 0.15) is 10.6 Å². The maximum atomic E-state index is 12.7. The minimum Gasteiger partial charge on any atom is -0.439 e. The zero-order chi connectivity index (χ0) is 20.8. The van der Waals surface area contributed by atoms with Crippen molar-refractivity contribution in [1.82, 2.24) is 19.7 Å². The molecule has 1 N–H and O–H groups in total. The van der Waals surface area contributed by atoms with Crippen LogP contribution in [0, 0.1) is 5.41 Å². The van der Waals surface area contributed by atoms with E-state index in [4.69, 9.17) is 16.3 Å². The third-order valence-electron chi connectivity index (χ3n) is 4.83. The highest BCUT2D eigenvalue weighted by Crippen LogP contribution is 2.58. The lowest BCUT2D eigenvalue weighted by Gasteiger charge is -2.11. The zero-order valence-electron chi connectivity index (χ0n) is 16.1. The quantitative estimate of drug-likeness (QED) is 0.631. The van der Waals surface area contributed by atoms with E-state index >= 15 is 0 Å². The Bertz CT molecular complexity index is 1180. The summed E-state index contributed by atoms with van der Waals surface area (Å²) < 4.78 is 35.0. The second-order valence-electron chi connectivity index (χ2n) is 7.71. The lowest BCUT2D eigenvalue weighted by molar-refractivity contribution is 0.460. The van der Waals surface area contributed by atoms with Crippen molar-refractivity contribution in [3.05, 3.63) is 53.4 Å². The Morgan fingerprint density at radius 2 is 2.03 bits per heavy atom. The van der Waals surface area contributed by atoms with Crippen LogP contribution in [-0.4, -0.2) is 28.2 Å². The molecule has 2 heterocycles. The number of hydrogen-bond acceptors (Lipinski definition) is 6. The van der Waals surface area contributed by atoms with Crippen LogP contribution in [0.1, 0.15) is 31.9 Å². The van der Waals surface area contributed by atoms with Gasteiger partial charge in [-0.25, -0.2) is 18.1 Å². The third kappa shape index (κ3) is 4.35. The molecule has 0 bridgehead atoms. The number of sulfonamides is 1. The van der Waals surface area contributed by atoms with Crippen LogP contribution in [0.2, 0.25) is 5.02 Å². The maximum absolute atomic E-state index is 12.7. The molecule has 1 aromatic carbocycles. The van der Waals surface area contributed by atoms with Crippen LogP contribution < -0.4 is 9.46 Å². The molecule has 0 amide bonds. The standard InChI is InChI=1S/C19H20ClN5O3S/c1-19(2)9-15(19)16-8-17(28-13-6-4-5-12(20)7-13)23-18(22-16)24-29(26,27)14-10-21-25(3)11-14/h4-8,10-11,15H,9H2,1-3H3,(H,22,23,24). The molecular formula is C19H20ClN5O3S. The lowest BCUT2D eigenvalue weighted by Crippen LogP contribution is -2.15. The van der Waals surface area contributed by atoms with Crippen LogP contribution in [0.25, 0.3) is 0 Å². The fourth-order valence-electron chi connectivity index (χ4n) is 3.06. The number of ether oxygens (including phenoxy) is 1. The number of nitrogens with one attached hydrogen (secondary N) is 1. The third-order valence-corrected chi connectivity index (χ3v) is 6.35. The predicted octanol–water partition coefficient (Wildman–Crippen LogP) is 3.97. The number of anilines is 1. The number of aromatic nitrogens is 4. The molecule has 3 aromatic rings. The Balaban J connectivity index is 1.68. The van der Waals surface area contributed by atoms with Crippen molar-refractivity contribution in [3.63, 3.8) is 0 Å². The number of halogens is 1. The van der Waals surface area contributed by atoms with Gasteiger partial charge in [-0.3, -0.25) is 4.68 Å². The summed E-state index contributed by atoms with van der Waals surface area (Å²) in [4.78, 5) is 8.70. The van der Waals surface area contributed by atoms with E-state index in [9.17, 15) is 8.42 Å². The van der Waals surface area contributed by atoms with Crippen molar-refractivity contribution in [2.24, 2.45) is 12.5 Å². The maximum Gasteiger partial charge on any atom is 0.267 e. The first-order valence-corrected chi connectivity index (χ1v) is 10.8. The van der Waals surface area contributed by atoms with Crippen LogP contribution in [0.4, 0.5) is 5.95 Å². The molecule has 1 fully saturated rings. The minimum atomic E-state index is -3.87. The average molecular weight is 434 g/mol. The average Bonchev–Trinajstić information content (AvgIpc) is 3.03. The fraction of sp³-hybridized carbons (Fsp3) is 0.316. The summed E-state index contributed by atoms with van der Waals surface area (Å²) in [5.74, 6) is 0.891. The summed E-state index contributed by atoms with van der Waals surface area (Å²) in [7, 11) is -2.23. The summed E-state index contributed by atoms with van der Waals surface area (Å²) in [5, 5.41) is 4.43. The number of rotatable bonds is 6. The van der Waals surface area contributed by atoms with Crippen LogP contribution in [-0.2, 0) is 17.1 Å². The highest BCUT2D eigenvalue weighted by atomic mass is 35.5. The van der Waals surface area contributed by atoms with Crippen LogP contribution in [0.3, 0.4) is 0 Å². The van der Waals surface area contributed by atoms with Crippen molar-refractivity contribution >= 4 is 27.6 Å². The summed E-state index contributed by atoms with van der Waals surface area (Å²) in [6, 6.07) is 8.63. The number of hydrogen-bond donors (Lipinski definition) is 1. The van der Waals surface area contributed by atoms with Gasteiger partial charge in [-0.1, -0.05) is 31.5 Å². The van der Waals surface area contributed by atoms with E-state index in [0.29, 0.717) is 10.8 Å². The van der Waals surface area contributed by atoms with E-state index in [1.807, 2.05) is 0 Å². The van der Waals surface area contributed by atoms with Gasteiger partial charge in [0, 0.05) is 30.3 Å². The van der Waals surface area contributed by atoms with E-state index in [1.54, 1.807) is 37.4 Å². The molecule has 1 unspecified atom stereocenters. The molecule has 1 atom stereocenters. The molecule has 0 aliphatic heterocycles. The predicted molar refractivity (Wildman–Crippen MR) is 109 cm³/mol. The largest absolute Gasteiger partial charge is 0.439 e. The van der Waals surface area contributed by atoms with Crippen LogP contribution >= 0.6 is 11.6 Å². The van der Waals surface area contributed by atoms with Crippen molar-refractivity contribution in [3.8, 4) is 11.6 Å². The Hall–Kier alpha value is -2.65. The molecule has 0 saturated heterocycles. The van der Waals surface area contributed by atoms with Crippen molar-refractivity contribution in [2.45, 2.75) is 31.1 Å². The normalized spacial score (nSPS) is 17.7. The second-order valence-corrected chi connectivity index (χ2v) is 9.83. The smallest absolute Gasteiger partial charge is 0.267 e. The van der Waals surface area contributed by atoms with Gasteiger partial charge < -0.3 is 4.74 Å². The molecule has 4 rings (SSSR count). The van der Waals surface area contributed by atoms with Gasteiger partial charge in [0.05, 0.1) is 11.9 Å². The summed E-state index contributed by atoms with van der Waals surface area (Å²) in [6.07, 6.45) is 3.62. The zero-order valence-corrected chi connectivity index (χ0v) is 17.7. The molecule has 1 aliphatic carbocycles. The van der Waals surface area contributed by atoms with E-state index in [1.165, 1.54) is 17.1 Å². The Kier molecular flexibility index (Phi) is 4.74. The highest BCUT2D eigenvalue weighted by molar-refractivity contribution is 7.92. The molecule has 0 radical (unpaired) electrons. The number of aryl methyl sites for hydroxylation is 1. The van der Waals surface area contributed by atoms with E-state index in [0.717, 1.165) is 12.1 Å². The molecule has 8 nitrogen and oxygen atoms in total. The van der Waals surface area contributed by atoms with E-state index in [2.05, 4.69) is 33.6 Å². The van der Waals surface area contributed by atoms with Gasteiger partial charge in [0.15, 0.2) is 0 Å². The van der Waals surface area contributed by atoms with Gasteiger partial charge >= 0.3 is 0 Å². The van der Waals surface area contributed by atoms with Crippen molar-refractivity contribution in [1.29, 1.82) is 0 Å².